The topological polar surface area (TPSA) is 52.0 Å². The highest BCUT2D eigenvalue weighted by Gasteiger charge is 2.31. The molecule has 0 amide bonds. The second-order valence-electron chi connectivity index (χ2n) is 10.9. The van der Waals surface area contributed by atoms with E-state index in [0.29, 0.717) is 0 Å². The van der Waals surface area contributed by atoms with Crippen LogP contribution in [-0.4, -0.2) is 0 Å². The van der Waals surface area contributed by atoms with E-state index >= 15 is 0 Å². The number of hydrogen-bond donors (Lipinski definition) is 2. The van der Waals surface area contributed by atoms with Gasteiger partial charge in [-0.1, -0.05) is 126 Å². The third-order valence-electron chi connectivity index (χ3n) is 7.60. The molecule has 0 aliphatic carbocycles. The van der Waals surface area contributed by atoms with Crippen molar-refractivity contribution in [3.05, 3.63) is 95.6 Å². The van der Waals surface area contributed by atoms with Crippen molar-refractivity contribution in [2.75, 3.05) is 11.5 Å². The molecule has 0 aliphatic rings. The van der Waals surface area contributed by atoms with E-state index < -0.39 is 0 Å². The Kier molecular flexibility index (Phi) is 11.9. The maximum atomic E-state index is 6.01. The zero-order valence-electron chi connectivity index (χ0n) is 22.6. The van der Waals surface area contributed by atoms with Crippen molar-refractivity contribution in [2.45, 2.75) is 96.8 Å². The number of nitrogen functional groups attached to an aromatic ring is 2. The van der Waals surface area contributed by atoms with Gasteiger partial charge < -0.3 is 11.5 Å². The fraction of sp³-hybridized carbons (Fsp3) is 0.471. The van der Waals surface area contributed by atoms with Crippen LogP contribution >= 0.6 is 0 Å². The van der Waals surface area contributed by atoms with Gasteiger partial charge in [-0.2, -0.15) is 0 Å². The molecule has 0 unspecified atom stereocenters. The minimum atomic E-state index is 0.160. The summed E-state index contributed by atoms with van der Waals surface area (Å²) in [5.41, 5.74) is 18.0. The van der Waals surface area contributed by atoms with Crippen LogP contribution in [0.15, 0.2) is 78.9 Å². The van der Waals surface area contributed by atoms with Gasteiger partial charge in [-0.25, -0.2) is 0 Å². The van der Waals surface area contributed by atoms with Gasteiger partial charge in [-0.15, -0.1) is 0 Å². The number of anilines is 2. The molecule has 0 aromatic heterocycles. The van der Waals surface area contributed by atoms with Crippen LogP contribution in [0, 0.1) is 5.41 Å². The Morgan fingerprint density at radius 2 is 0.861 bits per heavy atom. The van der Waals surface area contributed by atoms with Crippen LogP contribution in [0.25, 0.3) is 0 Å². The van der Waals surface area contributed by atoms with E-state index in [1.807, 2.05) is 24.3 Å². The zero-order valence-corrected chi connectivity index (χ0v) is 22.6. The van der Waals surface area contributed by atoms with E-state index in [4.69, 9.17) is 11.5 Å². The monoisotopic (exact) mass is 484 g/mol. The average molecular weight is 485 g/mol. The summed E-state index contributed by atoms with van der Waals surface area (Å²) in [4.78, 5) is 0. The molecule has 0 heterocycles. The Bertz CT molecular complexity index is 913. The Balaban J connectivity index is 1.70. The molecule has 3 rings (SSSR count). The Morgan fingerprint density at radius 1 is 0.472 bits per heavy atom. The predicted molar refractivity (Wildman–Crippen MR) is 158 cm³/mol. The molecule has 0 fully saturated rings. The number of nitrogens with two attached hydrogens (primary N) is 2. The summed E-state index contributed by atoms with van der Waals surface area (Å²) >= 11 is 0. The lowest BCUT2D eigenvalue weighted by atomic mass is 9.69. The molecular formula is C34H48N2. The van der Waals surface area contributed by atoms with Gasteiger partial charge in [-0.05, 0) is 72.1 Å². The van der Waals surface area contributed by atoms with Crippen LogP contribution in [0.3, 0.4) is 0 Å². The Labute approximate surface area is 220 Å². The standard InChI is InChI=1S/C34H48N2/c1-2-3-4-5-6-7-8-9-10-14-25-34(26-29-15-12-11-13-16-29,27-30-17-21-32(35)22-18-30)28-31-19-23-33(36)24-20-31/h11-13,15-24H,2-10,14,25-28,35-36H2,1H3. The molecule has 0 bridgehead atoms. The Hall–Kier alpha value is -2.74. The van der Waals surface area contributed by atoms with Crippen LogP contribution in [-0.2, 0) is 19.3 Å². The number of benzene rings is 3. The average Bonchev–Trinajstić information content (AvgIpc) is 2.89. The van der Waals surface area contributed by atoms with Crippen LogP contribution in [0.5, 0.6) is 0 Å². The van der Waals surface area contributed by atoms with Crippen molar-refractivity contribution >= 4 is 11.4 Å². The first kappa shape index (κ1) is 27.8. The summed E-state index contributed by atoms with van der Waals surface area (Å²) in [5.74, 6) is 0. The molecule has 4 N–H and O–H groups in total. The highest BCUT2D eigenvalue weighted by molar-refractivity contribution is 5.41. The zero-order chi connectivity index (χ0) is 25.5. The Morgan fingerprint density at radius 3 is 1.31 bits per heavy atom. The summed E-state index contributed by atoms with van der Waals surface area (Å²) in [5, 5.41) is 0. The molecule has 0 aliphatic heterocycles. The van der Waals surface area contributed by atoms with E-state index in [0.717, 1.165) is 30.6 Å². The van der Waals surface area contributed by atoms with Crippen LogP contribution in [0.1, 0.15) is 94.2 Å². The smallest absolute Gasteiger partial charge is 0.0314 e. The summed E-state index contributed by atoms with van der Waals surface area (Å²) in [6, 6.07) is 28.1. The number of rotatable bonds is 17. The quantitative estimate of drug-likeness (QED) is 0.148. The fourth-order valence-corrected chi connectivity index (χ4v) is 5.61. The second kappa shape index (κ2) is 15.4. The molecular weight excluding hydrogens is 436 g/mol. The second-order valence-corrected chi connectivity index (χ2v) is 10.9. The van der Waals surface area contributed by atoms with E-state index in [1.165, 1.54) is 87.3 Å². The molecule has 36 heavy (non-hydrogen) atoms. The van der Waals surface area contributed by atoms with Gasteiger partial charge in [0.2, 0.25) is 0 Å². The van der Waals surface area contributed by atoms with Gasteiger partial charge in [0.1, 0.15) is 0 Å². The third kappa shape index (κ3) is 10.1. The largest absolute Gasteiger partial charge is 0.399 e. The predicted octanol–water partition coefficient (Wildman–Crippen LogP) is 9.18. The van der Waals surface area contributed by atoms with Crippen LogP contribution < -0.4 is 11.5 Å². The minimum absolute atomic E-state index is 0.160. The first-order valence-electron chi connectivity index (χ1n) is 14.3. The summed E-state index contributed by atoms with van der Waals surface area (Å²) in [6.45, 7) is 2.29. The van der Waals surface area contributed by atoms with Crippen LogP contribution in [0.2, 0.25) is 0 Å². The molecule has 0 saturated heterocycles. The molecule has 2 heteroatoms. The normalized spacial score (nSPS) is 11.6. The van der Waals surface area contributed by atoms with Crippen LogP contribution in [0.4, 0.5) is 11.4 Å². The lowest BCUT2D eigenvalue weighted by Crippen LogP contribution is -2.30. The van der Waals surface area contributed by atoms with Gasteiger partial charge in [-0.3, -0.25) is 0 Å². The molecule has 0 spiro atoms. The van der Waals surface area contributed by atoms with Gasteiger partial charge >= 0.3 is 0 Å². The molecule has 194 valence electrons. The van der Waals surface area contributed by atoms with E-state index in [2.05, 4.69) is 61.5 Å². The van der Waals surface area contributed by atoms with E-state index in [9.17, 15) is 0 Å². The van der Waals surface area contributed by atoms with Gasteiger partial charge in [0.05, 0.1) is 0 Å². The summed E-state index contributed by atoms with van der Waals surface area (Å²) in [6.07, 6.45) is 18.1. The van der Waals surface area contributed by atoms with E-state index in [-0.39, 0.29) is 5.41 Å². The molecule has 2 nitrogen and oxygen atoms in total. The molecule has 3 aromatic rings. The lowest BCUT2D eigenvalue weighted by Gasteiger charge is -2.35. The molecule has 0 saturated carbocycles. The van der Waals surface area contributed by atoms with E-state index in [1.54, 1.807) is 0 Å². The number of hydrogen-bond acceptors (Lipinski definition) is 2. The fourth-order valence-electron chi connectivity index (χ4n) is 5.61. The molecule has 0 radical (unpaired) electrons. The van der Waals surface area contributed by atoms with Gasteiger partial charge in [0.25, 0.3) is 0 Å². The first-order valence-corrected chi connectivity index (χ1v) is 14.3. The highest BCUT2D eigenvalue weighted by Crippen LogP contribution is 2.38. The van der Waals surface area contributed by atoms with Gasteiger partial charge in [0, 0.05) is 11.4 Å². The first-order chi connectivity index (χ1) is 17.6. The summed E-state index contributed by atoms with van der Waals surface area (Å²) in [7, 11) is 0. The van der Waals surface area contributed by atoms with Crippen molar-refractivity contribution in [1.82, 2.24) is 0 Å². The molecule has 3 aromatic carbocycles. The van der Waals surface area contributed by atoms with Gasteiger partial charge in [0.15, 0.2) is 0 Å². The lowest BCUT2D eigenvalue weighted by molar-refractivity contribution is 0.243. The van der Waals surface area contributed by atoms with Crippen molar-refractivity contribution < 1.29 is 0 Å². The maximum absolute atomic E-state index is 6.01. The van der Waals surface area contributed by atoms with Crippen molar-refractivity contribution in [2.24, 2.45) is 5.41 Å². The van der Waals surface area contributed by atoms with Crippen molar-refractivity contribution in [3.8, 4) is 0 Å². The van der Waals surface area contributed by atoms with Crippen molar-refractivity contribution in [3.63, 3.8) is 0 Å². The van der Waals surface area contributed by atoms with Crippen molar-refractivity contribution in [1.29, 1.82) is 0 Å². The molecule has 0 atom stereocenters. The minimum Gasteiger partial charge on any atom is -0.399 e. The maximum Gasteiger partial charge on any atom is 0.0314 e. The number of unbranched alkanes of at least 4 members (excludes halogenated alkanes) is 9. The SMILES string of the molecule is CCCCCCCCCCCCC(Cc1ccccc1)(Cc1ccc(N)cc1)Cc1ccc(N)cc1. The third-order valence-corrected chi connectivity index (χ3v) is 7.60. The summed E-state index contributed by atoms with van der Waals surface area (Å²) < 4.78 is 0. The highest BCUT2D eigenvalue weighted by atomic mass is 14.5.